The van der Waals surface area contributed by atoms with Gasteiger partial charge in [0.25, 0.3) is 5.91 Å². The van der Waals surface area contributed by atoms with E-state index in [1.807, 2.05) is 36.1 Å². The summed E-state index contributed by atoms with van der Waals surface area (Å²) in [4.78, 5) is 40.1. The van der Waals surface area contributed by atoms with Crippen molar-refractivity contribution in [1.29, 1.82) is 0 Å². The maximum absolute atomic E-state index is 13.0. The standard InChI is InChI=1S/C24H33N3O3/c1-16-7-2-3-9-19(16)23(29)26-21-11-5-4-10-20(21)25-22(28)18-8-6-14-27(15-18)24(30)17-12-13-17/h2-3,7,9,17-18,20-21H,4-6,8,10-15H2,1H3,(H,25,28)(H,26,29)/t18-,20+,21+/m0/s1. The molecule has 1 aromatic rings. The number of piperidine rings is 1. The Kier molecular flexibility index (Phi) is 6.40. The Labute approximate surface area is 178 Å². The average Bonchev–Trinajstić information content (AvgIpc) is 3.60. The molecule has 3 amide bonds. The first-order valence-corrected chi connectivity index (χ1v) is 11.5. The quantitative estimate of drug-likeness (QED) is 0.782. The Morgan fingerprint density at radius 3 is 2.27 bits per heavy atom. The molecule has 0 aromatic heterocycles. The van der Waals surface area contributed by atoms with Gasteiger partial charge in [0.1, 0.15) is 0 Å². The van der Waals surface area contributed by atoms with Crippen molar-refractivity contribution in [2.75, 3.05) is 13.1 Å². The third kappa shape index (κ3) is 4.85. The number of nitrogens with zero attached hydrogens (tertiary/aromatic N) is 1. The topological polar surface area (TPSA) is 78.5 Å². The van der Waals surface area contributed by atoms with E-state index in [2.05, 4.69) is 10.6 Å². The number of amides is 3. The van der Waals surface area contributed by atoms with Crippen molar-refractivity contribution < 1.29 is 14.4 Å². The summed E-state index contributed by atoms with van der Waals surface area (Å²) in [6.07, 6.45) is 7.56. The molecular formula is C24H33N3O3. The number of hydrogen-bond acceptors (Lipinski definition) is 3. The summed E-state index contributed by atoms with van der Waals surface area (Å²) in [5.74, 6) is 0.249. The highest BCUT2D eigenvalue weighted by Crippen LogP contribution is 2.32. The SMILES string of the molecule is Cc1ccccc1C(=O)N[C@@H]1CCCC[C@H]1NC(=O)[C@H]1CCCN(C(=O)C2CC2)C1. The minimum Gasteiger partial charge on any atom is -0.351 e. The molecule has 0 spiro atoms. The fraction of sp³-hybridized carbons (Fsp3) is 0.625. The first kappa shape index (κ1) is 20.9. The van der Waals surface area contributed by atoms with Crippen LogP contribution in [0.15, 0.2) is 24.3 Å². The van der Waals surface area contributed by atoms with Crippen molar-refractivity contribution >= 4 is 17.7 Å². The van der Waals surface area contributed by atoms with Gasteiger partial charge in [0.2, 0.25) is 11.8 Å². The van der Waals surface area contributed by atoms with Gasteiger partial charge in [0.15, 0.2) is 0 Å². The van der Waals surface area contributed by atoms with Gasteiger partial charge in [-0.1, -0.05) is 31.0 Å². The number of carbonyl (C=O) groups is 3. The molecular weight excluding hydrogens is 378 g/mol. The summed E-state index contributed by atoms with van der Waals surface area (Å²) < 4.78 is 0. The minimum atomic E-state index is -0.143. The summed E-state index contributed by atoms with van der Waals surface area (Å²) >= 11 is 0. The summed E-state index contributed by atoms with van der Waals surface area (Å²) in [5.41, 5.74) is 1.64. The van der Waals surface area contributed by atoms with Gasteiger partial charge in [-0.2, -0.15) is 0 Å². The van der Waals surface area contributed by atoms with Gasteiger partial charge in [-0.15, -0.1) is 0 Å². The lowest BCUT2D eigenvalue weighted by molar-refractivity contribution is -0.137. The Balaban J connectivity index is 1.35. The molecule has 2 saturated carbocycles. The van der Waals surface area contributed by atoms with Gasteiger partial charge in [0.05, 0.1) is 5.92 Å². The van der Waals surface area contributed by atoms with E-state index in [-0.39, 0.29) is 41.6 Å². The molecule has 4 rings (SSSR count). The van der Waals surface area contributed by atoms with Gasteiger partial charge >= 0.3 is 0 Å². The molecule has 2 aliphatic carbocycles. The second-order valence-corrected chi connectivity index (χ2v) is 9.19. The summed E-state index contributed by atoms with van der Waals surface area (Å²) in [6.45, 7) is 3.25. The van der Waals surface area contributed by atoms with Crippen LogP contribution in [0.2, 0.25) is 0 Å². The molecule has 1 aromatic carbocycles. The fourth-order valence-electron chi connectivity index (χ4n) is 4.83. The second kappa shape index (κ2) is 9.19. The van der Waals surface area contributed by atoms with Crippen LogP contribution < -0.4 is 10.6 Å². The third-order valence-electron chi connectivity index (χ3n) is 6.83. The number of nitrogens with one attached hydrogen (secondary N) is 2. The highest BCUT2D eigenvalue weighted by Gasteiger charge is 2.37. The summed E-state index contributed by atoms with van der Waals surface area (Å²) in [5, 5.41) is 6.39. The van der Waals surface area contributed by atoms with Crippen LogP contribution in [0.5, 0.6) is 0 Å². The van der Waals surface area contributed by atoms with Crippen LogP contribution in [0.25, 0.3) is 0 Å². The van der Waals surface area contributed by atoms with Gasteiger partial charge in [-0.3, -0.25) is 14.4 Å². The van der Waals surface area contributed by atoms with Crippen molar-refractivity contribution in [2.24, 2.45) is 11.8 Å². The van der Waals surface area contributed by atoms with Crippen LogP contribution in [0.4, 0.5) is 0 Å². The highest BCUT2D eigenvalue weighted by molar-refractivity contribution is 5.95. The number of aryl methyl sites for hydroxylation is 1. The molecule has 3 aliphatic rings. The normalized spacial score (nSPS) is 26.7. The lowest BCUT2D eigenvalue weighted by atomic mass is 9.88. The molecule has 0 bridgehead atoms. The van der Waals surface area contributed by atoms with Crippen LogP contribution in [-0.2, 0) is 9.59 Å². The molecule has 6 nitrogen and oxygen atoms in total. The van der Waals surface area contributed by atoms with E-state index in [1.54, 1.807) is 0 Å². The largest absolute Gasteiger partial charge is 0.351 e. The van der Waals surface area contributed by atoms with Crippen LogP contribution in [0.1, 0.15) is 67.3 Å². The van der Waals surface area contributed by atoms with Crippen molar-refractivity contribution in [2.45, 2.75) is 70.4 Å². The Hall–Kier alpha value is -2.37. The smallest absolute Gasteiger partial charge is 0.251 e. The first-order chi connectivity index (χ1) is 14.5. The molecule has 3 atom stereocenters. The number of hydrogen-bond donors (Lipinski definition) is 2. The number of rotatable bonds is 5. The summed E-state index contributed by atoms with van der Waals surface area (Å²) in [7, 11) is 0. The molecule has 0 radical (unpaired) electrons. The highest BCUT2D eigenvalue weighted by atomic mass is 16.2. The number of benzene rings is 1. The van der Waals surface area contributed by atoms with E-state index < -0.39 is 0 Å². The third-order valence-corrected chi connectivity index (χ3v) is 6.83. The molecule has 0 unspecified atom stereocenters. The van der Waals surface area contributed by atoms with Crippen molar-refractivity contribution in [3.8, 4) is 0 Å². The van der Waals surface area contributed by atoms with Crippen LogP contribution >= 0.6 is 0 Å². The van der Waals surface area contributed by atoms with Crippen LogP contribution in [-0.4, -0.2) is 47.8 Å². The monoisotopic (exact) mass is 411 g/mol. The van der Waals surface area contributed by atoms with Crippen LogP contribution in [0, 0.1) is 18.8 Å². The zero-order chi connectivity index (χ0) is 21.1. The molecule has 162 valence electrons. The number of carbonyl (C=O) groups excluding carboxylic acids is 3. The van der Waals surface area contributed by atoms with Gasteiger partial charge in [-0.25, -0.2) is 0 Å². The molecule has 6 heteroatoms. The first-order valence-electron chi connectivity index (χ1n) is 11.5. The maximum atomic E-state index is 13.0. The fourth-order valence-corrected chi connectivity index (χ4v) is 4.83. The Morgan fingerprint density at radius 1 is 0.867 bits per heavy atom. The average molecular weight is 412 g/mol. The molecule has 30 heavy (non-hydrogen) atoms. The van der Waals surface area contributed by atoms with Crippen molar-refractivity contribution in [1.82, 2.24) is 15.5 Å². The van der Waals surface area contributed by atoms with Crippen molar-refractivity contribution in [3.63, 3.8) is 0 Å². The van der Waals surface area contributed by atoms with Gasteiger partial charge in [0, 0.05) is 36.7 Å². The Morgan fingerprint density at radius 2 is 1.57 bits per heavy atom. The van der Waals surface area contributed by atoms with E-state index in [0.717, 1.165) is 63.5 Å². The lowest BCUT2D eigenvalue weighted by Gasteiger charge is -2.36. The predicted molar refractivity (Wildman–Crippen MR) is 115 cm³/mol. The second-order valence-electron chi connectivity index (χ2n) is 9.19. The minimum absolute atomic E-state index is 0.0327. The van der Waals surface area contributed by atoms with Gasteiger partial charge < -0.3 is 15.5 Å². The molecule has 3 fully saturated rings. The van der Waals surface area contributed by atoms with E-state index in [9.17, 15) is 14.4 Å². The maximum Gasteiger partial charge on any atom is 0.251 e. The van der Waals surface area contributed by atoms with E-state index in [4.69, 9.17) is 0 Å². The molecule has 2 N–H and O–H groups in total. The summed E-state index contributed by atoms with van der Waals surface area (Å²) in [6, 6.07) is 7.48. The zero-order valence-corrected chi connectivity index (χ0v) is 17.9. The zero-order valence-electron chi connectivity index (χ0n) is 17.9. The van der Waals surface area contributed by atoms with E-state index in [1.165, 1.54) is 0 Å². The van der Waals surface area contributed by atoms with E-state index >= 15 is 0 Å². The van der Waals surface area contributed by atoms with Crippen LogP contribution in [0.3, 0.4) is 0 Å². The van der Waals surface area contributed by atoms with Crippen molar-refractivity contribution in [3.05, 3.63) is 35.4 Å². The molecule has 1 saturated heterocycles. The molecule has 1 aliphatic heterocycles. The molecule has 1 heterocycles. The van der Waals surface area contributed by atoms with E-state index in [0.29, 0.717) is 12.1 Å². The van der Waals surface area contributed by atoms with Gasteiger partial charge in [-0.05, 0) is 57.1 Å². The number of likely N-dealkylation sites (tertiary alicyclic amines) is 1. The lowest BCUT2D eigenvalue weighted by Crippen LogP contribution is -2.55. The predicted octanol–water partition coefficient (Wildman–Crippen LogP) is 2.80. The Bertz CT molecular complexity index is 805.